The van der Waals surface area contributed by atoms with Gasteiger partial charge in [0.1, 0.15) is 0 Å². The van der Waals surface area contributed by atoms with Gasteiger partial charge in [0.25, 0.3) is 6.54 Å². The first-order chi connectivity index (χ1) is 6.13. The minimum absolute atomic E-state index is 0.0422. The standard InChI is InChI=1S/C9H14N2O2/c1-7-5-11(6-8(2)13-7)9(12)4-10-3/h7-8H,4-6H2,1-2H3. The molecule has 1 saturated heterocycles. The second-order valence-corrected chi connectivity index (χ2v) is 3.37. The van der Waals surface area contributed by atoms with Crippen LogP contribution in [-0.2, 0) is 9.53 Å². The summed E-state index contributed by atoms with van der Waals surface area (Å²) in [5, 5.41) is 0. The van der Waals surface area contributed by atoms with Crippen LogP contribution in [0.1, 0.15) is 13.8 Å². The largest absolute Gasteiger partial charge is 0.372 e. The van der Waals surface area contributed by atoms with Crippen LogP contribution in [0.4, 0.5) is 0 Å². The summed E-state index contributed by atoms with van der Waals surface area (Å²) in [6.07, 6.45) is 0.164. The number of carbonyl (C=O) groups is 1. The Kier molecular flexibility index (Phi) is 3.26. The van der Waals surface area contributed by atoms with Gasteiger partial charge in [0.2, 0.25) is 0 Å². The number of amides is 1. The third-order valence-corrected chi connectivity index (χ3v) is 1.99. The number of hydrogen-bond acceptors (Lipinski definition) is 2. The maximum absolute atomic E-state index is 11.3. The molecular formula is C9H14N2O2. The lowest BCUT2D eigenvalue weighted by Gasteiger charge is -2.34. The molecule has 13 heavy (non-hydrogen) atoms. The zero-order valence-electron chi connectivity index (χ0n) is 7.99. The molecule has 4 heteroatoms. The van der Waals surface area contributed by atoms with Crippen molar-refractivity contribution in [3.8, 4) is 0 Å². The average Bonchev–Trinajstić information content (AvgIpc) is 2.03. The van der Waals surface area contributed by atoms with Crippen molar-refractivity contribution in [2.75, 3.05) is 19.6 Å². The van der Waals surface area contributed by atoms with Gasteiger partial charge in [0.15, 0.2) is 0 Å². The highest BCUT2D eigenvalue weighted by molar-refractivity contribution is 5.79. The molecule has 0 radical (unpaired) electrons. The maximum atomic E-state index is 11.3. The summed E-state index contributed by atoms with van der Waals surface area (Å²) in [6.45, 7) is 11.7. The van der Waals surface area contributed by atoms with E-state index in [4.69, 9.17) is 11.3 Å². The van der Waals surface area contributed by atoms with Crippen LogP contribution in [0.3, 0.4) is 0 Å². The highest BCUT2D eigenvalue weighted by Gasteiger charge is 2.26. The molecule has 0 aliphatic carbocycles. The lowest BCUT2D eigenvalue weighted by molar-refractivity contribution is -0.141. The van der Waals surface area contributed by atoms with Crippen LogP contribution in [0.5, 0.6) is 0 Å². The number of carbonyl (C=O) groups excluding carboxylic acids is 1. The summed E-state index contributed by atoms with van der Waals surface area (Å²) in [6, 6.07) is 0. The van der Waals surface area contributed by atoms with Crippen molar-refractivity contribution >= 4 is 5.91 Å². The minimum Gasteiger partial charge on any atom is -0.372 e. The van der Waals surface area contributed by atoms with Crippen LogP contribution in [0.2, 0.25) is 0 Å². The highest BCUT2D eigenvalue weighted by Crippen LogP contribution is 2.10. The van der Waals surface area contributed by atoms with Crippen LogP contribution in [0.25, 0.3) is 4.85 Å². The molecule has 0 aromatic rings. The van der Waals surface area contributed by atoms with Crippen molar-refractivity contribution in [2.24, 2.45) is 0 Å². The molecule has 0 spiro atoms. The van der Waals surface area contributed by atoms with Gasteiger partial charge >= 0.3 is 5.91 Å². The number of ether oxygens (including phenoxy) is 1. The van der Waals surface area contributed by atoms with Crippen LogP contribution in [0.15, 0.2) is 0 Å². The van der Waals surface area contributed by atoms with E-state index in [1.54, 1.807) is 4.90 Å². The minimum atomic E-state index is -0.0861. The second kappa shape index (κ2) is 4.24. The van der Waals surface area contributed by atoms with E-state index in [0.29, 0.717) is 13.1 Å². The van der Waals surface area contributed by atoms with E-state index in [-0.39, 0.29) is 24.7 Å². The Morgan fingerprint density at radius 2 is 2.08 bits per heavy atom. The maximum Gasteiger partial charge on any atom is 0.302 e. The predicted molar refractivity (Wildman–Crippen MR) is 48.1 cm³/mol. The molecular weight excluding hydrogens is 168 g/mol. The Morgan fingerprint density at radius 3 is 2.54 bits per heavy atom. The summed E-state index contributed by atoms with van der Waals surface area (Å²) >= 11 is 0. The van der Waals surface area contributed by atoms with Gasteiger partial charge in [0.05, 0.1) is 12.2 Å². The second-order valence-electron chi connectivity index (χ2n) is 3.37. The van der Waals surface area contributed by atoms with E-state index in [9.17, 15) is 4.79 Å². The molecule has 0 bridgehead atoms. The molecule has 2 unspecified atom stereocenters. The molecule has 2 atom stereocenters. The summed E-state index contributed by atoms with van der Waals surface area (Å²) < 4.78 is 5.47. The van der Waals surface area contributed by atoms with Crippen LogP contribution in [-0.4, -0.2) is 42.6 Å². The van der Waals surface area contributed by atoms with Crippen LogP contribution >= 0.6 is 0 Å². The van der Waals surface area contributed by atoms with Crippen molar-refractivity contribution in [3.63, 3.8) is 0 Å². The average molecular weight is 182 g/mol. The van der Waals surface area contributed by atoms with Crippen LogP contribution in [0, 0.1) is 6.57 Å². The number of morpholine rings is 1. The van der Waals surface area contributed by atoms with Crippen LogP contribution < -0.4 is 0 Å². The van der Waals surface area contributed by atoms with Gasteiger partial charge in [-0.2, -0.15) is 0 Å². The molecule has 1 aliphatic rings. The lowest BCUT2D eigenvalue weighted by atomic mass is 10.2. The summed E-state index contributed by atoms with van der Waals surface area (Å²) in [7, 11) is 0. The first-order valence-corrected chi connectivity index (χ1v) is 4.40. The molecule has 4 nitrogen and oxygen atoms in total. The van der Waals surface area contributed by atoms with Crippen molar-refractivity contribution in [1.29, 1.82) is 0 Å². The fourth-order valence-corrected chi connectivity index (χ4v) is 1.55. The SMILES string of the molecule is [C-]#[N+]CC(=O)N1CC(C)OC(C)C1. The Labute approximate surface area is 78.3 Å². The van der Waals surface area contributed by atoms with E-state index in [0.717, 1.165) is 0 Å². The highest BCUT2D eigenvalue weighted by atomic mass is 16.5. The van der Waals surface area contributed by atoms with Gasteiger partial charge in [-0.15, -0.1) is 0 Å². The van der Waals surface area contributed by atoms with E-state index >= 15 is 0 Å². The molecule has 0 aromatic heterocycles. The smallest absolute Gasteiger partial charge is 0.302 e. The van der Waals surface area contributed by atoms with Crippen molar-refractivity contribution in [2.45, 2.75) is 26.1 Å². The first kappa shape index (κ1) is 10.0. The first-order valence-electron chi connectivity index (χ1n) is 4.40. The molecule has 1 rings (SSSR count). The van der Waals surface area contributed by atoms with Gasteiger partial charge in [-0.3, -0.25) is 4.79 Å². The zero-order chi connectivity index (χ0) is 9.84. The van der Waals surface area contributed by atoms with Gasteiger partial charge in [-0.1, -0.05) is 0 Å². The van der Waals surface area contributed by atoms with Gasteiger partial charge in [-0.05, 0) is 13.8 Å². The Bertz CT molecular complexity index is 224. The van der Waals surface area contributed by atoms with Crippen molar-refractivity contribution < 1.29 is 9.53 Å². The van der Waals surface area contributed by atoms with Gasteiger partial charge < -0.3 is 14.5 Å². The third kappa shape index (κ3) is 2.71. The summed E-state index contributed by atoms with van der Waals surface area (Å²) in [4.78, 5) is 16.1. The monoisotopic (exact) mass is 182 g/mol. The van der Waals surface area contributed by atoms with E-state index < -0.39 is 0 Å². The predicted octanol–water partition coefficient (Wildman–Crippen LogP) is 0.541. The normalized spacial score (nSPS) is 28.2. The Morgan fingerprint density at radius 1 is 1.54 bits per heavy atom. The molecule has 1 aliphatic heterocycles. The molecule has 1 fully saturated rings. The van der Waals surface area contributed by atoms with E-state index in [1.165, 1.54) is 0 Å². The fraction of sp³-hybridized carbons (Fsp3) is 0.778. The van der Waals surface area contributed by atoms with Gasteiger partial charge in [0, 0.05) is 13.1 Å². The molecule has 0 aromatic carbocycles. The summed E-state index contributed by atoms with van der Waals surface area (Å²) in [5.74, 6) is -0.0861. The number of rotatable bonds is 1. The summed E-state index contributed by atoms with van der Waals surface area (Å²) in [5.41, 5.74) is 0. The third-order valence-electron chi connectivity index (χ3n) is 1.99. The van der Waals surface area contributed by atoms with E-state index in [2.05, 4.69) is 4.85 Å². The van der Waals surface area contributed by atoms with Gasteiger partial charge in [-0.25, -0.2) is 6.57 Å². The Balaban J connectivity index is 2.50. The fourth-order valence-electron chi connectivity index (χ4n) is 1.55. The quantitative estimate of drug-likeness (QED) is 0.555. The molecule has 0 saturated carbocycles. The van der Waals surface area contributed by atoms with Crippen molar-refractivity contribution in [1.82, 2.24) is 4.90 Å². The Hall–Kier alpha value is -1.08. The zero-order valence-corrected chi connectivity index (χ0v) is 7.99. The van der Waals surface area contributed by atoms with Crippen molar-refractivity contribution in [3.05, 3.63) is 11.4 Å². The van der Waals surface area contributed by atoms with E-state index in [1.807, 2.05) is 13.8 Å². The molecule has 0 N–H and O–H groups in total. The topological polar surface area (TPSA) is 33.9 Å². The molecule has 72 valence electrons. The number of nitrogens with zero attached hydrogens (tertiary/aromatic N) is 2. The lowest BCUT2D eigenvalue weighted by Crippen LogP contribution is -2.48. The molecule has 1 amide bonds. The number of hydrogen-bond donors (Lipinski definition) is 0. The molecule has 1 heterocycles.